The van der Waals surface area contributed by atoms with E-state index < -0.39 is 22.4 Å². The van der Waals surface area contributed by atoms with Crippen LogP contribution in [0.4, 0.5) is 18.9 Å². The SMILES string of the molecule is O=[N+]([O-])c1c(C(F)(F)F)ccc2ccccc12. The first-order chi connectivity index (χ1) is 7.91. The van der Waals surface area contributed by atoms with E-state index in [4.69, 9.17) is 0 Å². The largest absolute Gasteiger partial charge is 0.423 e. The van der Waals surface area contributed by atoms with Crippen LogP contribution in [-0.2, 0) is 6.18 Å². The minimum Gasteiger partial charge on any atom is -0.258 e. The van der Waals surface area contributed by atoms with Gasteiger partial charge in [-0.1, -0.05) is 24.3 Å². The molecule has 2 aromatic carbocycles. The average molecular weight is 241 g/mol. The van der Waals surface area contributed by atoms with E-state index in [1.165, 1.54) is 24.3 Å². The van der Waals surface area contributed by atoms with Gasteiger partial charge in [-0.25, -0.2) is 0 Å². The van der Waals surface area contributed by atoms with Gasteiger partial charge < -0.3 is 0 Å². The topological polar surface area (TPSA) is 43.1 Å². The lowest BCUT2D eigenvalue weighted by Gasteiger charge is -2.09. The minimum atomic E-state index is -4.73. The van der Waals surface area contributed by atoms with Gasteiger partial charge in [-0.3, -0.25) is 10.1 Å². The Labute approximate surface area is 93.6 Å². The predicted molar refractivity (Wildman–Crippen MR) is 55.6 cm³/mol. The van der Waals surface area contributed by atoms with Crippen molar-refractivity contribution in [3.8, 4) is 0 Å². The Morgan fingerprint density at radius 1 is 1.06 bits per heavy atom. The molecule has 2 rings (SSSR count). The highest BCUT2D eigenvalue weighted by Crippen LogP contribution is 2.39. The maximum atomic E-state index is 12.6. The number of nitro groups is 1. The first-order valence-electron chi connectivity index (χ1n) is 4.64. The Morgan fingerprint density at radius 3 is 2.29 bits per heavy atom. The lowest BCUT2D eigenvalue weighted by Crippen LogP contribution is -2.09. The number of benzene rings is 2. The molecule has 0 bridgehead atoms. The number of halogens is 3. The van der Waals surface area contributed by atoms with Crippen molar-refractivity contribution in [1.29, 1.82) is 0 Å². The molecule has 0 saturated heterocycles. The zero-order valence-corrected chi connectivity index (χ0v) is 8.36. The summed E-state index contributed by atoms with van der Waals surface area (Å²) in [6.07, 6.45) is -4.73. The van der Waals surface area contributed by atoms with Gasteiger partial charge >= 0.3 is 6.18 Å². The van der Waals surface area contributed by atoms with Gasteiger partial charge in [-0.15, -0.1) is 0 Å². The molecule has 0 spiro atoms. The highest BCUT2D eigenvalue weighted by Gasteiger charge is 2.39. The molecule has 0 saturated carbocycles. The van der Waals surface area contributed by atoms with Gasteiger partial charge in [-0.2, -0.15) is 13.2 Å². The van der Waals surface area contributed by atoms with E-state index in [1.54, 1.807) is 6.07 Å². The third-order valence-electron chi connectivity index (χ3n) is 2.39. The van der Waals surface area contributed by atoms with Crippen LogP contribution < -0.4 is 0 Å². The normalized spacial score (nSPS) is 11.7. The fraction of sp³-hybridized carbons (Fsp3) is 0.0909. The van der Waals surface area contributed by atoms with E-state index in [9.17, 15) is 23.3 Å². The molecule has 0 heterocycles. The molecule has 88 valence electrons. The molecule has 6 heteroatoms. The van der Waals surface area contributed by atoms with Crippen LogP contribution in [0.1, 0.15) is 5.56 Å². The van der Waals surface area contributed by atoms with Gasteiger partial charge in [0, 0.05) is 0 Å². The maximum Gasteiger partial charge on any atom is 0.423 e. The van der Waals surface area contributed by atoms with Crippen LogP contribution >= 0.6 is 0 Å². The summed E-state index contributed by atoms with van der Waals surface area (Å²) in [5, 5.41) is 11.2. The standard InChI is InChI=1S/C11H6F3NO2/c12-11(13,14)9-6-5-7-3-1-2-4-8(7)10(9)15(16)17/h1-6H. The third-order valence-corrected chi connectivity index (χ3v) is 2.39. The number of nitro benzene ring substituents is 1. The zero-order chi connectivity index (χ0) is 12.6. The molecule has 0 amide bonds. The molecule has 0 atom stereocenters. The molecule has 0 aliphatic rings. The van der Waals surface area contributed by atoms with Crippen LogP contribution in [-0.4, -0.2) is 4.92 Å². The molecular weight excluding hydrogens is 235 g/mol. The van der Waals surface area contributed by atoms with E-state index >= 15 is 0 Å². The van der Waals surface area contributed by atoms with Gasteiger partial charge in [0.05, 0.1) is 10.3 Å². The lowest BCUT2D eigenvalue weighted by molar-refractivity contribution is -0.386. The van der Waals surface area contributed by atoms with Crippen LogP contribution in [0.15, 0.2) is 36.4 Å². The molecule has 0 unspecified atom stereocenters. The maximum absolute atomic E-state index is 12.6. The van der Waals surface area contributed by atoms with Crippen molar-refractivity contribution < 1.29 is 18.1 Å². The average Bonchev–Trinajstić information content (AvgIpc) is 2.26. The van der Waals surface area contributed by atoms with Crippen molar-refractivity contribution in [3.63, 3.8) is 0 Å². The Kier molecular flexibility index (Phi) is 2.49. The van der Waals surface area contributed by atoms with Gasteiger partial charge in [-0.05, 0) is 17.5 Å². The monoisotopic (exact) mass is 241 g/mol. The summed E-state index contributed by atoms with van der Waals surface area (Å²) >= 11 is 0. The molecule has 0 aliphatic carbocycles. The third kappa shape index (κ3) is 1.93. The van der Waals surface area contributed by atoms with Gasteiger partial charge in [0.2, 0.25) is 0 Å². The van der Waals surface area contributed by atoms with Crippen molar-refractivity contribution >= 4 is 16.5 Å². The smallest absolute Gasteiger partial charge is 0.258 e. The molecule has 0 radical (unpaired) electrons. The second-order valence-electron chi connectivity index (χ2n) is 3.44. The van der Waals surface area contributed by atoms with Crippen LogP contribution in [0.2, 0.25) is 0 Å². The second-order valence-corrected chi connectivity index (χ2v) is 3.44. The highest BCUT2D eigenvalue weighted by molar-refractivity contribution is 5.92. The summed E-state index contributed by atoms with van der Waals surface area (Å²) in [5.74, 6) is 0. The molecule has 0 N–H and O–H groups in total. The minimum absolute atomic E-state index is 0.00711. The van der Waals surface area contributed by atoms with Crippen molar-refractivity contribution in [2.45, 2.75) is 6.18 Å². The summed E-state index contributed by atoms with van der Waals surface area (Å²) in [7, 11) is 0. The number of hydrogen-bond acceptors (Lipinski definition) is 2. The Balaban J connectivity index is 2.87. The van der Waals surface area contributed by atoms with Gasteiger partial charge in [0.1, 0.15) is 5.56 Å². The quantitative estimate of drug-likeness (QED) is 0.563. The first kappa shape index (κ1) is 11.4. The Bertz CT molecular complexity index is 593. The fourth-order valence-corrected chi connectivity index (χ4v) is 1.68. The summed E-state index contributed by atoms with van der Waals surface area (Å²) in [4.78, 5) is 9.79. The fourth-order valence-electron chi connectivity index (χ4n) is 1.68. The summed E-state index contributed by atoms with van der Waals surface area (Å²) in [5.41, 5.74) is -2.11. The van der Waals surface area contributed by atoms with Crippen molar-refractivity contribution in [2.75, 3.05) is 0 Å². The number of fused-ring (bicyclic) bond motifs is 1. The van der Waals surface area contributed by atoms with Crippen molar-refractivity contribution in [2.24, 2.45) is 0 Å². The van der Waals surface area contributed by atoms with Crippen LogP contribution in [0, 0.1) is 10.1 Å². The zero-order valence-electron chi connectivity index (χ0n) is 8.36. The molecule has 17 heavy (non-hydrogen) atoms. The summed E-state index contributed by atoms with van der Waals surface area (Å²) < 4.78 is 37.9. The van der Waals surface area contributed by atoms with E-state index in [2.05, 4.69) is 0 Å². The van der Waals surface area contributed by atoms with Crippen LogP contribution in [0.3, 0.4) is 0 Å². The highest BCUT2D eigenvalue weighted by atomic mass is 19.4. The van der Waals surface area contributed by atoms with E-state index in [0.717, 1.165) is 6.07 Å². The van der Waals surface area contributed by atoms with Crippen LogP contribution in [0.5, 0.6) is 0 Å². The van der Waals surface area contributed by atoms with Crippen molar-refractivity contribution in [1.82, 2.24) is 0 Å². The molecular formula is C11H6F3NO2. The molecule has 0 fully saturated rings. The van der Waals surface area contributed by atoms with Crippen LogP contribution in [0.25, 0.3) is 10.8 Å². The number of alkyl halides is 3. The molecule has 0 aromatic heterocycles. The van der Waals surface area contributed by atoms with E-state index in [0.29, 0.717) is 5.39 Å². The second kappa shape index (κ2) is 3.73. The number of nitrogens with zero attached hydrogens (tertiary/aromatic N) is 1. The van der Waals surface area contributed by atoms with Gasteiger partial charge in [0.25, 0.3) is 5.69 Å². The summed E-state index contributed by atoms with van der Waals surface area (Å²) in [6, 6.07) is 7.88. The number of rotatable bonds is 1. The summed E-state index contributed by atoms with van der Waals surface area (Å²) in [6.45, 7) is 0. The van der Waals surface area contributed by atoms with E-state index in [1.807, 2.05) is 0 Å². The first-order valence-corrected chi connectivity index (χ1v) is 4.64. The van der Waals surface area contributed by atoms with Crippen molar-refractivity contribution in [3.05, 3.63) is 52.1 Å². The molecule has 2 aromatic rings. The van der Waals surface area contributed by atoms with E-state index in [-0.39, 0.29) is 5.39 Å². The lowest BCUT2D eigenvalue weighted by atomic mass is 10.0. The Hall–Kier alpha value is -2.11. The van der Waals surface area contributed by atoms with Gasteiger partial charge in [0.15, 0.2) is 0 Å². The predicted octanol–water partition coefficient (Wildman–Crippen LogP) is 3.77. The molecule has 0 aliphatic heterocycles. The molecule has 3 nitrogen and oxygen atoms in total. The number of hydrogen-bond donors (Lipinski definition) is 0. The Morgan fingerprint density at radius 2 is 1.71 bits per heavy atom.